The fraction of sp³-hybridized carbons (Fsp3) is 0.423. The Balaban J connectivity index is 1.34. The molecular formula is C26H30ClN3O5. The topological polar surface area (TPSA) is 88.2 Å². The van der Waals surface area contributed by atoms with E-state index in [-0.39, 0.29) is 18.5 Å². The van der Waals surface area contributed by atoms with Gasteiger partial charge in [0.1, 0.15) is 0 Å². The van der Waals surface area contributed by atoms with Crippen LogP contribution in [0.25, 0.3) is 0 Å². The molecule has 0 aromatic heterocycles. The predicted molar refractivity (Wildman–Crippen MR) is 133 cm³/mol. The molecule has 2 heterocycles. The van der Waals surface area contributed by atoms with Gasteiger partial charge in [-0.15, -0.1) is 0 Å². The van der Waals surface area contributed by atoms with E-state index in [0.29, 0.717) is 37.5 Å². The molecule has 1 N–H and O–H groups in total. The maximum Gasteiger partial charge on any atom is 0.410 e. The van der Waals surface area contributed by atoms with Gasteiger partial charge in [0.05, 0.1) is 7.11 Å². The van der Waals surface area contributed by atoms with Gasteiger partial charge in [-0.25, -0.2) is 14.4 Å². The maximum absolute atomic E-state index is 12.9. The second-order valence-electron chi connectivity index (χ2n) is 8.93. The quantitative estimate of drug-likeness (QED) is 0.615. The number of hydrogen-bond acceptors (Lipinski definition) is 5. The van der Waals surface area contributed by atoms with Crippen LogP contribution in [0, 0.1) is 6.92 Å². The van der Waals surface area contributed by atoms with E-state index >= 15 is 0 Å². The van der Waals surface area contributed by atoms with Crippen LogP contribution >= 0.6 is 11.6 Å². The molecule has 186 valence electrons. The monoisotopic (exact) mass is 499 g/mol. The van der Waals surface area contributed by atoms with Crippen molar-refractivity contribution in [1.82, 2.24) is 9.80 Å². The van der Waals surface area contributed by atoms with Gasteiger partial charge >= 0.3 is 18.1 Å². The fourth-order valence-corrected chi connectivity index (χ4v) is 4.78. The number of halogens is 1. The molecule has 1 saturated heterocycles. The minimum atomic E-state index is -1.07. The number of para-hydroxylation sites is 1. The van der Waals surface area contributed by atoms with Crippen molar-refractivity contribution in [2.24, 2.45) is 0 Å². The van der Waals surface area contributed by atoms with E-state index in [1.807, 2.05) is 48.2 Å². The summed E-state index contributed by atoms with van der Waals surface area (Å²) < 4.78 is 10.4. The van der Waals surface area contributed by atoms with Gasteiger partial charge in [0, 0.05) is 42.8 Å². The molecule has 9 heteroatoms. The van der Waals surface area contributed by atoms with Gasteiger partial charge in [-0.05, 0) is 55.0 Å². The lowest BCUT2D eigenvalue weighted by Crippen LogP contribution is -2.50. The number of benzene rings is 2. The average Bonchev–Trinajstić information content (AvgIpc) is 3.03. The largest absolute Gasteiger partial charge is 0.466 e. The number of carbonyl (C=O) groups excluding carboxylic acids is 3. The van der Waals surface area contributed by atoms with Crippen LogP contribution < -0.4 is 5.32 Å². The van der Waals surface area contributed by atoms with Gasteiger partial charge in [-0.2, -0.15) is 0 Å². The number of aryl methyl sites for hydroxylation is 1. The molecular weight excluding hydrogens is 470 g/mol. The van der Waals surface area contributed by atoms with Crippen molar-refractivity contribution in [1.29, 1.82) is 0 Å². The molecule has 2 aromatic rings. The highest BCUT2D eigenvalue weighted by molar-refractivity contribution is 6.31. The van der Waals surface area contributed by atoms with Crippen LogP contribution in [0.2, 0.25) is 5.02 Å². The fourth-order valence-electron chi connectivity index (χ4n) is 4.58. The standard InChI is InChI=1S/C26H30ClN3O5/c1-17-7-8-18(15-21(17)27)16-23(24(31)34-2)35-26(33)29-12-10-20(11-13-29)30-14-9-19-5-3-4-6-22(19)28-25(30)32/h3-8,15,20,23H,9-14,16H2,1-2H3,(H,28,32). The first-order valence-corrected chi connectivity index (χ1v) is 12.2. The van der Waals surface area contributed by atoms with Crippen LogP contribution in [0.15, 0.2) is 42.5 Å². The highest BCUT2D eigenvalue weighted by Crippen LogP contribution is 2.25. The first-order valence-electron chi connectivity index (χ1n) is 11.8. The number of fused-ring (bicyclic) bond motifs is 1. The SMILES string of the molecule is COC(=O)C(Cc1ccc(C)c(Cl)c1)OC(=O)N1CCC(N2CCc3ccccc3NC2=O)CC1. The van der Waals surface area contributed by atoms with Crippen LogP contribution in [0.4, 0.5) is 15.3 Å². The number of rotatable bonds is 5. The van der Waals surface area contributed by atoms with Crippen molar-refractivity contribution in [2.45, 2.75) is 44.8 Å². The number of anilines is 1. The van der Waals surface area contributed by atoms with Crippen LogP contribution in [0.5, 0.6) is 0 Å². The molecule has 0 aliphatic carbocycles. The minimum absolute atomic E-state index is 0.0273. The van der Waals surface area contributed by atoms with Crippen LogP contribution in [-0.2, 0) is 27.1 Å². The van der Waals surface area contributed by atoms with Gasteiger partial charge < -0.3 is 24.6 Å². The van der Waals surface area contributed by atoms with E-state index in [4.69, 9.17) is 21.1 Å². The summed E-state index contributed by atoms with van der Waals surface area (Å²) >= 11 is 6.20. The maximum atomic E-state index is 12.9. The van der Waals surface area contributed by atoms with Gasteiger partial charge in [0.15, 0.2) is 0 Å². The summed E-state index contributed by atoms with van der Waals surface area (Å²) in [7, 11) is 1.27. The van der Waals surface area contributed by atoms with Crippen LogP contribution in [-0.4, -0.2) is 66.8 Å². The van der Waals surface area contributed by atoms with E-state index in [1.165, 1.54) is 7.11 Å². The highest BCUT2D eigenvalue weighted by Gasteiger charge is 2.33. The first-order chi connectivity index (χ1) is 16.9. The van der Waals surface area contributed by atoms with Crippen molar-refractivity contribution < 1.29 is 23.9 Å². The summed E-state index contributed by atoms with van der Waals surface area (Å²) in [6.07, 6.45) is 0.582. The molecule has 1 unspecified atom stereocenters. The Kier molecular flexibility index (Phi) is 7.80. The number of carbonyl (C=O) groups is 3. The molecule has 4 rings (SSSR count). The van der Waals surface area contributed by atoms with Crippen LogP contribution in [0.1, 0.15) is 29.5 Å². The molecule has 0 bridgehead atoms. The second kappa shape index (κ2) is 11.0. The number of nitrogens with one attached hydrogen (secondary N) is 1. The van der Waals surface area contributed by atoms with Crippen LogP contribution in [0.3, 0.4) is 0 Å². The van der Waals surface area contributed by atoms with Crippen molar-refractivity contribution >= 4 is 35.4 Å². The smallest absolute Gasteiger partial charge is 0.410 e. The number of esters is 1. The zero-order chi connectivity index (χ0) is 24.9. The molecule has 3 amide bonds. The summed E-state index contributed by atoms with van der Waals surface area (Å²) in [6.45, 7) is 3.39. The normalized spacial score (nSPS) is 17.2. The lowest BCUT2D eigenvalue weighted by atomic mass is 10.0. The summed E-state index contributed by atoms with van der Waals surface area (Å²) in [5, 5.41) is 3.58. The number of ether oxygens (including phenoxy) is 2. The molecule has 1 atom stereocenters. The molecule has 2 aromatic carbocycles. The lowest BCUT2D eigenvalue weighted by molar-refractivity contribution is -0.151. The van der Waals surface area contributed by atoms with Crippen molar-refractivity contribution in [3.63, 3.8) is 0 Å². The number of amides is 3. The molecule has 1 fully saturated rings. The lowest BCUT2D eigenvalue weighted by Gasteiger charge is -2.37. The Bertz CT molecular complexity index is 1100. The Morgan fingerprint density at radius 1 is 1.14 bits per heavy atom. The van der Waals surface area contributed by atoms with E-state index in [0.717, 1.165) is 28.8 Å². The zero-order valence-corrected chi connectivity index (χ0v) is 20.7. The first kappa shape index (κ1) is 24.9. The van der Waals surface area contributed by atoms with E-state index in [9.17, 15) is 14.4 Å². The molecule has 0 spiro atoms. The number of piperidine rings is 1. The van der Waals surface area contributed by atoms with E-state index < -0.39 is 18.2 Å². The average molecular weight is 500 g/mol. The number of methoxy groups -OCH3 is 1. The minimum Gasteiger partial charge on any atom is -0.466 e. The number of likely N-dealkylation sites (tertiary alicyclic amines) is 1. The molecule has 35 heavy (non-hydrogen) atoms. The zero-order valence-electron chi connectivity index (χ0n) is 20.0. The third kappa shape index (κ3) is 5.88. The third-order valence-corrected chi connectivity index (χ3v) is 7.08. The van der Waals surface area contributed by atoms with Gasteiger partial charge in [-0.3, -0.25) is 0 Å². The summed E-state index contributed by atoms with van der Waals surface area (Å²) in [6, 6.07) is 13.2. The van der Waals surface area contributed by atoms with E-state index in [2.05, 4.69) is 5.32 Å². The third-order valence-electron chi connectivity index (χ3n) is 6.67. The number of urea groups is 1. The van der Waals surface area contributed by atoms with E-state index in [1.54, 1.807) is 11.0 Å². The Morgan fingerprint density at radius 3 is 2.60 bits per heavy atom. The summed E-state index contributed by atoms with van der Waals surface area (Å²) in [4.78, 5) is 41.4. The Labute approximate surface area is 210 Å². The van der Waals surface area contributed by atoms with Crippen molar-refractivity contribution in [2.75, 3.05) is 32.1 Å². The second-order valence-corrected chi connectivity index (χ2v) is 9.34. The van der Waals surface area contributed by atoms with Gasteiger partial charge in [0.2, 0.25) is 6.10 Å². The number of nitrogens with zero attached hydrogens (tertiary/aromatic N) is 2. The molecule has 0 saturated carbocycles. The molecule has 0 radical (unpaired) electrons. The predicted octanol–water partition coefficient (Wildman–Crippen LogP) is 4.42. The molecule has 2 aliphatic rings. The summed E-state index contributed by atoms with van der Waals surface area (Å²) in [5.74, 6) is -0.620. The van der Waals surface area contributed by atoms with Gasteiger partial charge in [0.25, 0.3) is 0 Å². The summed E-state index contributed by atoms with van der Waals surface area (Å²) in [5.41, 5.74) is 3.67. The van der Waals surface area contributed by atoms with Crippen molar-refractivity contribution in [3.8, 4) is 0 Å². The Hall–Kier alpha value is -3.26. The number of hydrogen-bond donors (Lipinski definition) is 1. The Morgan fingerprint density at radius 2 is 1.89 bits per heavy atom. The van der Waals surface area contributed by atoms with Gasteiger partial charge in [-0.1, -0.05) is 41.9 Å². The highest BCUT2D eigenvalue weighted by atomic mass is 35.5. The molecule has 2 aliphatic heterocycles. The molecule has 8 nitrogen and oxygen atoms in total. The van der Waals surface area contributed by atoms with Crippen molar-refractivity contribution in [3.05, 3.63) is 64.2 Å².